The van der Waals surface area contributed by atoms with E-state index in [1.54, 1.807) is 0 Å². The summed E-state index contributed by atoms with van der Waals surface area (Å²) < 4.78 is 1.12. The van der Waals surface area contributed by atoms with Gasteiger partial charge in [-0.1, -0.05) is 28.1 Å². The highest BCUT2D eigenvalue weighted by Gasteiger charge is 2.14. The van der Waals surface area contributed by atoms with Crippen LogP contribution in [0.25, 0.3) is 0 Å². The maximum atomic E-state index is 3.47. The molecule has 1 atom stereocenters. The van der Waals surface area contributed by atoms with Crippen LogP contribution in [0, 0.1) is 13.8 Å². The fourth-order valence-electron chi connectivity index (χ4n) is 1.87. The van der Waals surface area contributed by atoms with Crippen molar-refractivity contribution in [3.8, 4) is 0 Å². The van der Waals surface area contributed by atoms with E-state index in [0.29, 0.717) is 6.04 Å². The van der Waals surface area contributed by atoms with Gasteiger partial charge in [0.2, 0.25) is 0 Å². The molecule has 90 valence electrons. The first-order valence-electron chi connectivity index (χ1n) is 5.61. The summed E-state index contributed by atoms with van der Waals surface area (Å²) in [4.78, 5) is 2.78. The van der Waals surface area contributed by atoms with Crippen LogP contribution in [0.2, 0.25) is 0 Å². The zero-order valence-electron chi connectivity index (χ0n) is 10.3. The van der Waals surface area contributed by atoms with Gasteiger partial charge >= 0.3 is 0 Å². The second kappa shape index (κ2) is 5.34. The molecular formula is C14H16BrNS. The molecule has 1 heterocycles. The summed E-state index contributed by atoms with van der Waals surface area (Å²) in [7, 11) is 2.01. The van der Waals surface area contributed by atoms with Crippen molar-refractivity contribution in [3.05, 3.63) is 55.7 Å². The third kappa shape index (κ3) is 2.79. The van der Waals surface area contributed by atoms with Gasteiger partial charge in [0.1, 0.15) is 0 Å². The fraction of sp³-hybridized carbons (Fsp3) is 0.286. The first-order valence-corrected chi connectivity index (χ1v) is 7.22. The Morgan fingerprint density at radius 2 is 1.82 bits per heavy atom. The third-order valence-corrected chi connectivity index (χ3v) is 4.71. The monoisotopic (exact) mass is 309 g/mol. The summed E-state index contributed by atoms with van der Waals surface area (Å²) in [5.41, 5.74) is 2.68. The van der Waals surface area contributed by atoms with Crippen molar-refractivity contribution in [2.45, 2.75) is 19.9 Å². The van der Waals surface area contributed by atoms with Crippen LogP contribution in [-0.2, 0) is 0 Å². The van der Waals surface area contributed by atoms with E-state index in [0.717, 1.165) is 4.47 Å². The summed E-state index contributed by atoms with van der Waals surface area (Å²) in [6.07, 6.45) is 0. The van der Waals surface area contributed by atoms with Gasteiger partial charge in [0.25, 0.3) is 0 Å². The number of benzene rings is 1. The maximum absolute atomic E-state index is 3.47. The van der Waals surface area contributed by atoms with Gasteiger partial charge in [-0.15, -0.1) is 11.3 Å². The summed E-state index contributed by atoms with van der Waals surface area (Å²) in [5, 5.41) is 3.39. The lowest BCUT2D eigenvalue weighted by atomic mass is 10.1. The van der Waals surface area contributed by atoms with Crippen LogP contribution in [0.1, 0.15) is 26.9 Å². The number of thiophene rings is 1. The number of halogens is 1. The van der Waals surface area contributed by atoms with Crippen molar-refractivity contribution in [2.24, 2.45) is 0 Å². The molecule has 1 nitrogen and oxygen atoms in total. The van der Waals surface area contributed by atoms with Crippen LogP contribution in [0.4, 0.5) is 0 Å². The van der Waals surface area contributed by atoms with E-state index in [1.165, 1.54) is 20.9 Å². The summed E-state index contributed by atoms with van der Waals surface area (Å²) >= 11 is 5.34. The predicted octanol–water partition coefficient (Wildman–Crippen LogP) is 4.44. The van der Waals surface area contributed by atoms with Crippen molar-refractivity contribution >= 4 is 27.3 Å². The topological polar surface area (TPSA) is 12.0 Å². The van der Waals surface area contributed by atoms with Gasteiger partial charge in [0.15, 0.2) is 0 Å². The van der Waals surface area contributed by atoms with Gasteiger partial charge in [-0.2, -0.15) is 0 Å². The number of aryl methyl sites for hydroxylation is 2. The average Bonchev–Trinajstić information content (AvgIpc) is 2.63. The molecule has 2 aromatic rings. The minimum atomic E-state index is 0.292. The van der Waals surface area contributed by atoms with Crippen LogP contribution in [0.5, 0.6) is 0 Å². The van der Waals surface area contributed by atoms with Crippen molar-refractivity contribution in [2.75, 3.05) is 7.05 Å². The molecule has 0 radical (unpaired) electrons. The lowest BCUT2D eigenvalue weighted by Crippen LogP contribution is -2.16. The lowest BCUT2D eigenvalue weighted by molar-refractivity contribution is 0.703. The zero-order valence-corrected chi connectivity index (χ0v) is 12.7. The molecular weight excluding hydrogens is 294 g/mol. The van der Waals surface area contributed by atoms with Crippen molar-refractivity contribution in [3.63, 3.8) is 0 Å². The molecule has 3 heteroatoms. The standard InChI is InChI=1S/C14H16BrNS/c1-9-8-13(17-10(9)2)14(16-3)11-4-6-12(15)7-5-11/h4-8,14,16H,1-3H3. The highest BCUT2D eigenvalue weighted by atomic mass is 79.9. The summed E-state index contributed by atoms with van der Waals surface area (Å²) in [5.74, 6) is 0. The van der Waals surface area contributed by atoms with E-state index in [-0.39, 0.29) is 0 Å². The van der Waals surface area contributed by atoms with Gasteiger partial charge in [0.05, 0.1) is 6.04 Å². The Hall–Kier alpha value is -0.640. The second-order valence-electron chi connectivity index (χ2n) is 4.16. The van der Waals surface area contributed by atoms with Gasteiger partial charge in [0, 0.05) is 14.2 Å². The first-order chi connectivity index (χ1) is 8.11. The molecule has 0 amide bonds. The fourth-order valence-corrected chi connectivity index (χ4v) is 3.32. The van der Waals surface area contributed by atoms with E-state index in [4.69, 9.17) is 0 Å². The number of hydrogen-bond donors (Lipinski definition) is 1. The predicted molar refractivity (Wildman–Crippen MR) is 78.8 cm³/mol. The summed E-state index contributed by atoms with van der Waals surface area (Å²) in [6.45, 7) is 4.35. The van der Waals surface area contributed by atoms with Gasteiger partial charge in [-0.3, -0.25) is 0 Å². The highest BCUT2D eigenvalue weighted by Crippen LogP contribution is 2.30. The molecule has 1 unspecified atom stereocenters. The Kier molecular flexibility index (Phi) is 4.02. The Bertz CT molecular complexity index is 482. The molecule has 1 aromatic heterocycles. The Labute approximate surface area is 115 Å². The minimum Gasteiger partial charge on any atom is -0.309 e. The number of hydrogen-bond acceptors (Lipinski definition) is 2. The van der Waals surface area contributed by atoms with Crippen molar-refractivity contribution in [1.82, 2.24) is 5.32 Å². The van der Waals surface area contributed by atoms with Crippen LogP contribution in [0.15, 0.2) is 34.8 Å². The molecule has 0 saturated heterocycles. The molecule has 2 rings (SSSR count). The Morgan fingerprint density at radius 3 is 2.29 bits per heavy atom. The van der Waals surface area contributed by atoms with E-state index in [9.17, 15) is 0 Å². The highest BCUT2D eigenvalue weighted by molar-refractivity contribution is 9.10. The molecule has 0 fully saturated rings. The average molecular weight is 310 g/mol. The lowest BCUT2D eigenvalue weighted by Gasteiger charge is -2.15. The molecule has 0 saturated carbocycles. The van der Waals surface area contributed by atoms with Crippen LogP contribution >= 0.6 is 27.3 Å². The van der Waals surface area contributed by atoms with Crippen molar-refractivity contribution in [1.29, 1.82) is 0 Å². The first kappa shape index (κ1) is 12.8. The molecule has 17 heavy (non-hydrogen) atoms. The van der Waals surface area contributed by atoms with Gasteiger partial charge < -0.3 is 5.32 Å². The smallest absolute Gasteiger partial charge is 0.0668 e. The summed E-state index contributed by atoms with van der Waals surface area (Å²) in [6, 6.07) is 11.1. The van der Waals surface area contributed by atoms with E-state index >= 15 is 0 Å². The minimum absolute atomic E-state index is 0.292. The second-order valence-corrected chi connectivity index (χ2v) is 6.36. The maximum Gasteiger partial charge on any atom is 0.0668 e. The molecule has 1 N–H and O–H groups in total. The van der Waals surface area contributed by atoms with Gasteiger partial charge in [-0.25, -0.2) is 0 Å². The Morgan fingerprint density at radius 1 is 1.18 bits per heavy atom. The Balaban J connectivity index is 2.36. The zero-order chi connectivity index (χ0) is 12.4. The largest absolute Gasteiger partial charge is 0.309 e. The molecule has 1 aromatic carbocycles. The molecule has 0 aliphatic heterocycles. The van der Waals surface area contributed by atoms with Crippen LogP contribution in [-0.4, -0.2) is 7.05 Å². The number of nitrogens with one attached hydrogen (secondary N) is 1. The van der Waals surface area contributed by atoms with Gasteiger partial charge in [-0.05, 0) is 50.2 Å². The molecule has 0 aliphatic carbocycles. The quantitative estimate of drug-likeness (QED) is 0.884. The van der Waals surface area contributed by atoms with E-state index in [2.05, 4.69) is 65.4 Å². The van der Waals surface area contributed by atoms with Crippen LogP contribution in [0.3, 0.4) is 0 Å². The molecule has 0 bridgehead atoms. The third-order valence-electron chi connectivity index (χ3n) is 2.96. The van der Waals surface area contributed by atoms with E-state index < -0.39 is 0 Å². The van der Waals surface area contributed by atoms with Crippen LogP contribution < -0.4 is 5.32 Å². The number of rotatable bonds is 3. The van der Waals surface area contributed by atoms with E-state index in [1.807, 2.05) is 18.4 Å². The SMILES string of the molecule is CNC(c1ccc(Br)cc1)c1cc(C)c(C)s1. The molecule has 0 aliphatic rings. The van der Waals surface area contributed by atoms with Crippen molar-refractivity contribution < 1.29 is 0 Å². The normalized spacial score (nSPS) is 12.7. The molecule has 0 spiro atoms.